The van der Waals surface area contributed by atoms with Crippen molar-refractivity contribution in [2.75, 3.05) is 13.2 Å². The molecule has 1 aliphatic carbocycles. The van der Waals surface area contributed by atoms with Crippen LogP contribution in [0.1, 0.15) is 50.0 Å². The van der Waals surface area contributed by atoms with Gasteiger partial charge in [0.2, 0.25) is 0 Å². The molecule has 2 fully saturated rings. The van der Waals surface area contributed by atoms with Crippen molar-refractivity contribution in [3.8, 4) is 0 Å². The molecule has 5 heteroatoms. The molecule has 0 amide bonds. The molecule has 0 spiro atoms. The van der Waals surface area contributed by atoms with Gasteiger partial charge in [0.1, 0.15) is 5.15 Å². The summed E-state index contributed by atoms with van der Waals surface area (Å²) in [6, 6.07) is 1.97. The Hall–Kier alpha value is -1.10. The number of ether oxygens (including phenoxy) is 2. The Bertz CT molecular complexity index is 666. The molecule has 3 atom stereocenters. The SMILES string of the molecule is Clc1cc2c([C@@H]3CCC[C@H](OC[C@@H]4CCCO4)C3)c[nH]c2cn1. The highest BCUT2D eigenvalue weighted by Crippen LogP contribution is 2.38. The van der Waals surface area contributed by atoms with E-state index in [0.29, 0.717) is 23.3 Å². The van der Waals surface area contributed by atoms with Gasteiger partial charge < -0.3 is 14.5 Å². The van der Waals surface area contributed by atoms with Crippen LogP contribution in [0, 0.1) is 0 Å². The molecule has 1 aliphatic heterocycles. The van der Waals surface area contributed by atoms with Crippen LogP contribution < -0.4 is 0 Å². The van der Waals surface area contributed by atoms with E-state index >= 15 is 0 Å². The quantitative estimate of drug-likeness (QED) is 0.841. The number of hydrogen-bond donors (Lipinski definition) is 1. The van der Waals surface area contributed by atoms with Gasteiger partial charge in [-0.15, -0.1) is 0 Å². The van der Waals surface area contributed by atoms with Crippen LogP contribution >= 0.6 is 11.6 Å². The number of aromatic nitrogens is 2. The summed E-state index contributed by atoms with van der Waals surface area (Å²) in [5.74, 6) is 0.533. The first-order valence-electron chi connectivity index (χ1n) is 8.65. The number of pyridine rings is 1. The van der Waals surface area contributed by atoms with Crippen molar-refractivity contribution in [3.63, 3.8) is 0 Å². The Morgan fingerprint density at radius 3 is 3.13 bits per heavy atom. The summed E-state index contributed by atoms with van der Waals surface area (Å²) in [6.45, 7) is 1.65. The van der Waals surface area contributed by atoms with E-state index in [1.807, 2.05) is 12.3 Å². The number of H-pyrrole nitrogens is 1. The average Bonchev–Trinajstić information content (AvgIpc) is 3.22. The number of aromatic amines is 1. The van der Waals surface area contributed by atoms with Gasteiger partial charge in [0, 0.05) is 18.2 Å². The topological polar surface area (TPSA) is 47.1 Å². The van der Waals surface area contributed by atoms with Crippen LogP contribution in [0.3, 0.4) is 0 Å². The van der Waals surface area contributed by atoms with Crippen molar-refractivity contribution >= 4 is 22.5 Å². The molecule has 0 radical (unpaired) electrons. The summed E-state index contributed by atoms with van der Waals surface area (Å²) in [4.78, 5) is 7.47. The molecule has 2 aromatic rings. The van der Waals surface area contributed by atoms with Crippen molar-refractivity contribution in [1.82, 2.24) is 9.97 Å². The fourth-order valence-corrected chi connectivity index (χ4v) is 4.11. The van der Waals surface area contributed by atoms with Gasteiger partial charge in [-0.2, -0.15) is 0 Å². The second-order valence-corrected chi connectivity index (χ2v) is 7.14. The molecule has 3 heterocycles. The Morgan fingerprint density at radius 1 is 1.30 bits per heavy atom. The second-order valence-electron chi connectivity index (χ2n) is 6.75. The molecule has 1 saturated heterocycles. The minimum atomic E-state index is 0.313. The maximum absolute atomic E-state index is 6.16. The van der Waals surface area contributed by atoms with E-state index in [1.165, 1.54) is 30.2 Å². The standard InChI is InChI=1S/C18H23ClN2O2/c19-18-8-15-16(9-20-17(15)10-21-18)12-3-1-4-13(7-12)23-11-14-5-2-6-22-14/h8-10,12-14,20H,1-7,11H2/t12-,13+,14+/m1/s1. The smallest absolute Gasteiger partial charge is 0.129 e. The van der Waals surface area contributed by atoms with E-state index < -0.39 is 0 Å². The zero-order chi connectivity index (χ0) is 15.6. The van der Waals surface area contributed by atoms with Gasteiger partial charge in [-0.3, -0.25) is 0 Å². The van der Waals surface area contributed by atoms with E-state index in [4.69, 9.17) is 21.1 Å². The third-order valence-electron chi connectivity index (χ3n) is 5.17. The Balaban J connectivity index is 1.44. The fraction of sp³-hybridized carbons (Fsp3) is 0.611. The number of rotatable bonds is 4. The number of nitrogens with one attached hydrogen (secondary N) is 1. The molecular weight excluding hydrogens is 312 g/mol. The lowest BCUT2D eigenvalue weighted by atomic mass is 9.82. The normalized spacial score (nSPS) is 28.5. The van der Waals surface area contributed by atoms with Crippen molar-refractivity contribution in [2.24, 2.45) is 0 Å². The maximum atomic E-state index is 6.16. The summed E-state index contributed by atoms with van der Waals surface area (Å²) in [5.41, 5.74) is 2.42. The Morgan fingerprint density at radius 2 is 2.26 bits per heavy atom. The molecule has 0 aromatic carbocycles. The van der Waals surface area contributed by atoms with Gasteiger partial charge in [0.15, 0.2) is 0 Å². The summed E-state index contributed by atoms with van der Waals surface area (Å²) < 4.78 is 11.8. The van der Waals surface area contributed by atoms with Gasteiger partial charge >= 0.3 is 0 Å². The summed E-state index contributed by atoms with van der Waals surface area (Å²) >= 11 is 6.07. The van der Waals surface area contributed by atoms with E-state index in [9.17, 15) is 0 Å². The van der Waals surface area contributed by atoms with E-state index in [-0.39, 0.29) is 0 Å². The van der Waals surface area contributed by atoms with Crippen LogP contribution in [0.2, 0.25) is 5.15 Å². The minimum Gasteiger partial charge on any atom is -0.376 e. The number of nitrogens with zero attached hydrogens (tertiary/aromatic N) is 1. The Kier molecular flexibility index (Phi) is 4.56. The molecule has 1 N–H and O–H groups in total. The molecular formula is C18H23ClN2O2. The number of fused-ring (bicyclic) bond motifs is 1. The predicted octanol–water partition coefficient (Wildman–Crippen LogP) is 4.44. The third kappa shape index (κ3) is 3.39. The van der Waals surface area contributed by atoms with Crippen LogP contribution in [0.15, 0.2) is 18.5 Å². The fourth-order valence-electron chi connectivity index (χ4n) is 3.95. The molecule has 0 bridgehead atoms. The highest BCUT2D eigenvalue weighted by Gasteiger charge is 2.27. The van der Waals surface area contributed by atoms with Crippen LogP contribution in [-0.4, -0.2) is 35.4 Å². The van der Waals surface area contributed by atoms with Crippen molar-refractivity contribution in [1.29, 1.82) is 0 Å². The van der Waals surface area contributed by atoms with Gasteiger partial charge in [0.05, 0.1) is 30.5 Å². The first kappa shape index (κ1) is 15.4. The maximum Gasteiger partial charge on any atom is 0.129 e. The molecule has 1 saturated carbocycles. The first-order valence-corrected chi connectivity index (χ1v) is 9.03. The zero-order valence-corrected chi connectivity index (χ0v) is 14.0. The molecule has 2 aliphatic rings. The van der Waals surface area contributed by atoms with E-state index in [1.54, 1.807) is 0 Å². The second kappa shape index (κ2) is 6.80. The molecule has 23 heavy (non-hydrogen) atoms. The number of hydrogen-bond acceptors (Lipinski definition) is 3. The predicted molar refractivity (Wildman–Crippen MR) is 91.0 cm³/mol. The molecule has 4 rings (SSSR count). The third-order valence-corrected chi connectivity index (χ3v) is 5.38. The van der Waals surface area contributed by atoms with Crippen molar-refractivity contribution < 1.29 is 9.47 Å². The summed E-state index contributed by atoms with van der Waals surface area (Å²) in [7, 11) is 0. The minimum absolute atomic E-state index is 0.313. The summed E-state index contributed by atoms with van der Waals surface area (Å²) in [6.07, 6.45) is 11.6. The van der Waals surface area contributed by atoms with Crippen molar-refractivity contribution in [2.45, 2.75) is 56.7 Å². The van der Waals surface area contributed by atoms with Crippen LogP contribution in [-0.2, 0) is 9.47 Å². The molecule has 4 nitrogen and oxygen atoms in total. The molecule has 124 valence electrons. The average molecular weight is 335 g/mol. The number of halogens is 1. The van der Waals surface area contributed by atoms with Gasteiger partial charge in [-0.1, -0.05) is 18.0 Å². The largest absolute Gasteiger partial charge is 0.376 e. The van der Waals surface area contributed by atoms with Crippen molar-refractivity contribution in [3.05, 3.63) is 29.2 Å². The van der Waals surface area contributed by atoms with Gasteiger partial charge in [-0.05, 0) is 49.7 Å². The first-order chi connectivity index (χ1) is 11.3. The van der Waals surface area contributed by atoms with Crippen LogP contribution in [0.25, 0.3) is 10.9 Å². The highest BCUT2D eigenvalue weighted by molar-refractivity contribution is 6.30. The lowest BCUT2D eigenvalue weighted by molar-refractivity contribution is -0.0352. The Labute approximate surface area is 141 Å². The van der Waals surface area contributed by atoms with Crippen LogP contribution in [0.5, 0.6) is 0 Å². The zero-order valence-electron chi connectivity index (χ0n) is 13.3. The summed E-state index contributed by atoms with van der Waals surface area (Å²) in [5, 5.41) is 1.76. The van der Waals surface area contributed by atoms with Gasteiger partial charge in [0.25, 0.3) is 0 Å². The monoisotopic (exact) mass is 334 g/mol. The van der Waals surface area contributed by atoms with Crippen LogP contribution in [0.4, 0.5) is 0 Å². The molecule has 2 aromatic heterocycles. The lowest BCUT2D eigenvalue weighted by Gasteiger charge is -2.30. The van der Waals surface area contributed by atoms with E-state index in [2.05, 4.69) is 16.2 Å². The highest BCUT2D eigenvalue weighted by atomic mass is 35.5. The van der Waals surface area contributed by atoms with E-state index in [0.717, 1.165) is 38.0 Å². The molecule has 0 unspecified atom stereocenters. The van der Waals surface area contributed by atoms with Gasteiger partial charge in [-0.25, -0.2) is 4.98 Å². The lowest BCUT2D eigenvalue weighted by Crippen LogP contribution is -2.26.